The normalized spacial score (nSPS) is 13.1. The summed E-state index contributed by atoms with van der Waals surface area (Å²) in [6, 6.07) is 18.2. The molecule has 0 fully saturated rings. The SMILES string of the molecule is Cc1ccc(COC(=O)c2ccc3c(c2)C(=O)N(c2c(C(C)C)cccc2C(C)C)C3=O)cc1. The van der Waals surface area contributed by atoms with E-state index >= 15 is 0 Å². The predicted molar refractivity (Wildman–Crippen MR) is 133 cm³/mol. The van der Waals surface area contributed by atoms with Crippen molar-refractivity contribution in [3.63, 3.8) is 0 Å². The summed E-state index contributed by atoms with van der Waals surface area (Å²) in [5.41, 5.74) is 5.32. The lowest BCUT2D eigenvalue weighted by Crippen LogP contribution is -2.31. The van der Waals surface area contributed by atoms with Gasteiger partial charge < -0.3 is 4.74 Å². The highest BCUT2D eigenvalue weighted by Gasteiger charge is 2.39. The van der Waals surface area contributed by atoms with Crippen molar-refractivity contribution in [2.24, 2.45) is 0 Å². The topological polar surface area (TPSA) is 63.7 Å². The lowest BCUT2D eigenvalue weighted by molar-refractivity contribution is 0.0472. The first-order chi connectivity index (χ1) is 16.2. The van der Waals surface area contributed by atoms with Crippen LogP contribution in [0.2, 0.25) is 0 Å². The van der Waals surface area contributed by atoms with E-state index in [1.807, 2.05) is 77.1 Å². The van der Waals surface area contributed by atoms with Gasteiger partial charge in [0.15, 0.2) is 0 Å². The summed E-state index contributed by atoms with van der Waals surface area (Å²) >= 11 is 0. The van der Waals surface area contributed by atoms with Gasteiger partial charge in [0.2, 0.25) is 0 Å². The van der Waals surface area contributed by atoms with Gasteiger partial charge in [0, 0.05) is 0 Å². The summed E-state index contributed by atoms with van der Waals surface area (Å²) in [4.78, 5) is 40.8. The number of ether oxygens (including phenoxy) is 1. The standard InChI is InChI=1S/C29H29NO4/c1-17(2)22-7-6-8-23(18(3)4)26(22)30-27(31)24-14-13-21(15-25(24)28(30)32)29(33)34-16-20-11-9-19(5)10-12-20/h6-15,17-18H,16H2,1-5H3. The third kappa shape index (κ3) is 4.26. The van der Waals surface area contributed by atoms with E-state index in [0.29, 0.717) is 11.3 Å². The van der Waals surface area contributed by atoms with Gasteiger partial charge in [-0.3, -0.25) is 9.59 Å². The molecular formula is C29H29NO4. The molecule has 1 aliphatic rings. The molecule has 0 spiro atoms. The minimum absolute atomic E-state index is 0.130. The first-order valence-electron chi connectivity index (χ1n) is 11.6. The number of amides is 2. The lowest BCUT2D eigenvalue weighted by atomic mass is 9.92. The molecule has 0 radical (unpaired) electrons. The zero-order chi connectivity index (χ0) is 24.6. The molecule has 0 N–H and O–H groups in total. The van der Waals surface area contributed by atoms with Crippen molar-refractivity contribution in [3.05, 3.63) is 99.6 Å². The van der Waals surface area contributed by atoms with E-state index in [1.165, 1.54) is 11.0 Å². The number of esters is 1. The molecule has 0 saturated heterocycles. The smallest absolute Gasteiger partial charge is 0.338 e. The fourth-order valence-corrected chi connectivity index (χ4v) is 4.26. The van der Waals surface area contributed by atoms with Crippen molar-refractivity contribution in [3.8, 4) is 0 Å². The number of aryl methyl sites for hydroxylation is 1. The van der Waals surface area contributed by atoms with Gasteiger partial charge in [0.25, 0.3) is 11.8 Å². The number of imide groups is 1. The molecule has 0 aliphatic carbocycles. The van der Waals surface area contributed by atoms with Crippen molar-refractivity contribution in [1.29, 1.82) is 0 Å². The van der Waals surface area contributed by atoms with E-state index < -0.39 is 11.9 Å². The number of benzene rings is 3. The van der Waals surface area contributed by atoms with Crippen LogP contribution >= 0.6 is 0 Å². The minimum atomic E-state index is -0.535. The number of anilines is 1. The maximum Gasteiger partial charge on any atom is 0.338 e. The van der Waals surface area contributed by atoms with Gasteiger partial charge in [-0.05, 0) is 53.6 Å². The Hall–Kier alpha value is -3.73. The average molecular weight is 456 g/mol. The molecule has 0 unspecified atom stereocenters. The van der Waals surface area contributed by atoms with Gasteiger partial charge in [-0.1, -0.05) is 75.7 Å². The number of fused-ring (bicyclic) bond motifs is 1. The third-order valence-corrected chi connectivity index (χ3v) is 6.18. The molecule has 34 heavy (non-hydrogen) atoms. The summed E-state index contributed by atoms with van der Waals surface area (Å²) in [6.07, 6.45) is 0. The molecule has 0 atom stereocenters. The molecule has 5 heteroatoms. The maximum atomic E-state index is 13.5. The Morgan fingerprint density at radius 3 is 2.00 bits per heavy atom. The van der Waals surface area contributed by atoms with Crippen LogP contribution in [0, 0.1) is 6.92 Å². The largest absolute Gasteiger partial charge is 0.457 e. The maximum absolute atomic E-state index is 13.5. The van der Waals surface area contributed by atoms with E-state index in [0.717, 1.165) is 22.3 Å². The van der Waals surface area contributed by atoms with Crippen molar-refractivity contribution in [2.45, 2.75) is 53.1 Å². The molecule has 3 aromatic rings. The third-order valence-electron chi connectivity index (χ3n) is 6.18. The van der Waals surface area contributed by atoms with Gasteiger partial charge in [-0.2, -0.15) is 0 Å². The molecule has 0 saturated carbocycles. The minimum Gasteiger partial charge on any atom is -0.457 e. The Balaban J connectivity index is 1.65. The lowest BCUT2D eigenvalue weighted by Gasteiger charge is -2.25. The van der Waals surface area contributed by atoms with E-state index in [9.17, 15) is 14.4 Å². The quantitative estimate of drug-likeness (QED) is 0.319. The summed E-state index contributed by atoms with van der Waals surface area (Å²) in [6.45, 7) is 10.3. The van der Waals surface area contributed by atoms with Crippen LogP contribution in [0.3, 0.4) is 0 Å². The second-order valence-corrected chi connectivity index (χ2v) is 9.36. The molecular weight excluding hydrogens is 426 g/mol. The van der Waals surface area contributed by atoms with Crippen molar-refractivity contribution in [1.82, 2.24) is 0 Å². The van der Waals surface area contributed by atoms with Gasteiger partial charge in [0.1, 0.15) is 6.61 Å². The highest BCUT2D eigenvalue weighted by atomic mass is 16.5. The van der Waals surface area contributed by atoms with Gasteiger partial charge in [-0.25, -0.2) is 9.69 Å². The van der Waals surface area contributed by atoms with Crippen LogP contribution in [-0.4, -0.2) is 17.8 Å². The van der Waals surface area contributed by atoms with E-state index in [2.05, 4.69) is 0 Å². The molecule has 0 bridgehead atoms. The zero-order valence-electron chi connectivity index (χ0n) is 20.2. The van der Waals surface area contributed by atoms with Crippen LogP contribution in [0.4, 0.5) is 5.69 Å². The first-order valence-corrected chi connectivity index (χ1v) is 11.6. The van der Waals surface area contributed by atoms with Crippen molar-refractivity contribution >= 4 is 23.5 Å². The molecule has 1 aliphatic heterocycles. The number of hydrogen-bond acceptors (Lipinski definition) is 4. The van der Waals surface area contributed by atoms with Crippen LogP contribution in [0.15, 0.2) is 60.7 Å². The van der Waals surface area contributed by atoms with Crippen molar-refractivity contribution in [2.75, 3.05) is 4.90 Å². The Morgan fingerprint density at radius 2 is 1.41 bits per heavy atom. The van der Waals surface area contributed by atoms with Crippen LogP contribution in [0.25, 0.3) is 0 Å². The van der Waals surface area contributed by atoms with E-state index in [4.69, 9.17) is 4.74 Å². The molecule has 4 rings (SSSR count). The number of rotatable bonds is 6. The molecule has 0 aromatic heterocycles. The summed E-state index contributed by atoms with van der Waals surface area (Å²) in [7, 11) is 0. The average Bonchev–Trinajstić information content (AvgIpc) is 3.07. The Kier molecular flexibility index (Phi) is 6.38. The van der Waals surface area contributed by atoms with E-state index in [1.54, 1.807) is 12.1 Å². The van der Waals surface area contributed by atoms with Gasteiger partial charge in [0.05, 0.1) is 22.4 Å². The van der Waals surface area contributed by atoms with E-state index in [-0.39, 0.29) is 35.5 Å². The Labute approximate surface area is 200 Å². The monoisotopic (exact) mass is 455 g/mol. The summed E-state index contributed by atoms with van der Waals surface area (Å²) in [5, 5.41) is 0. The van der Waals surface area contributed by atoms with Crippen LogP contribution in [0.1, 0.15) is 92.9 Å². The fourth-order valence-electron chi connectivity index (χ4n) is 4.26. The summed E-state index contributed by atoms with van der Waals surface area (Å²) < 4.78 is 5.44. The van der Waals surface area contributed by atoms with Crippen LogP contribution < -0.4 is 4.90 Å². The number of nitrogens with zero attached hydrogens (tertiary/aromatic N) is 1. The highest BCUT2D eigenvalue weighted by Crippen LogP contribution is 2.39. The molecule has 3 aromatic carbocycles. The summed E-state index contributed by atoms with van der Waals surface area (Å²) in [5.74, 6) is -1.05. The molecule has 5 nitrogen and oxygen atoms in total. The Bertz CT molecular complexity index is 1250. The molecule has 2 amide bonds. The molecule has 1 heterocycles. The van der Waals surface area contributed by atoms with Crippen LogP contribution in [0.5, 0.6) is 0 Å². The highest BCUT2D eigenvalue weighted by molar-refractivity contribution is 6.35. The molecule has 174 valence electrons. The van der Waals surface area contributed by atoms with Crippen LogP contribution in [-0.2, 0) is 11.3 Å². The van der Waals surface area contributed by atoms with Gasteiger partial charge in [-0.15, -0.1) is 0 Å². The van der Waals surface area contributed by atoms with Gasteiger partial charge >= 0.3 is 5.97 Å². The predicted octanol–water partition coefficient (Wildman–Crippen LogP) is 6.40. The number of para-hydroxylation sites is 1. The fraction of sp³-hybridized carbons (Fsp3) is 0.276. The Morgan fingerprint density at radius 1 is 0.824 bits per heavy atom. The first kappa shape index (κ1) is 23.4. The second kappa shape index (κ2) is 9.26. The number of carbonyl (C=O) groups is 3. The van der Waals surface area contributed by atoms with Crippen molar-refractivity contribution < 1.29 is 19.1 Å². The second-order valence-electron chi connectivity index (χ2n) is 9.36. The number of hydrogen-bond donors (Lipinski definition) is 0. The zero-order valence-corrected chi connectivity index (χ0v) is 20.2. The number of carbonyl (C=O) groups excluding carboxylic acids is 3.